The summed E-state index contributed by atoms with van der Waals surface area (Å²) in [6, 6.07) is 5.42. The summed E-state index contributed by atoms with van der Waals surface area (Å²) in [7, 11) is 0. The molecular formula is C17H19N3O4. The van der Waals surface area contributed by atoms with E-state index in [2.05, 4.69) is 10.3 Å². The first-order valence-corrected chi connectivity index (χ1v) is 7.88. The number of amides is 1. The van der Waals surface area contributed by atoms with Crippen molar-refractivity contribution in [2.75, 3.05) is 6.54 Å². The molecule has 0 bridgehead atoms. The van der Waals surface area contributed by atoms with Crippen LogP contribution in [-0.2, 0) is 16.1 Å². The van der Waals surface area contributed by atoms with Crippen molar-refractivity contribution in [1.29, 1.82) is 0 Å². The zero-order valence-electron chi connectivity index (χ0n) is 13.4. The number of aromatic nitrogens is 2. The number of benzene rings is 1. The molecule has 1 aromatic carbocycles. The fourth-order valence-corrected chi connectivity index (χ4v) is 2.69. The topological polar surface area (TPSA) is 101 Å². The van der Waals surface area contributed by atoms with Crippen molar-refractivity contribution < 1.29 is 14.7 Å². The number of fused-ring (bicyclic) bond motifs is 1. The van der Waals surface area contributed by atoms with Gasteiger partial charge in [-0.1, -0.05) is 12.1 Å². The number of hydrogen-bond donors (Lipinski definition) is 2. The molecule has 2 aromatic rings. The van der Waals surface area contributed by atoms with Gasteiger partial charge in [0, 0.05) is 19.5 Å². The van der Waals surface area contributed by atoms with E-state index in [4.69, 9.17) is 5.11 Å². The van der Waals surface area contributed by atoms with Crippen LogP contribution in [0.15, 0.2) is 29.3 Å². The molecule has 1 heterocycles. The molecule has 0 saturated heterocycles. The monoisotopic (exact) mass is 329 g/mol. The predicted octanol–water partition coefficient (Wildman–Crippen LogP) is 1.08. The van der Waals surface area contributed by atoms with Gasteiger partial charge in [0.05, 0.1) is 22.6 Å². The minimum Gasteiger partial charge on any atom is -0.481 e. The molecule has 1 aromatic heterocycles. The van der Waals surface area contributed by atoms with Crippen LogP contribution in [0.1, 0.15) is 24.8 Å². The van der Waals surface area contributed by atoms with Crippen molar-refractivity contribution in [3.05, 3.63) is 40.4 Å². The number of aryl methyl sites for hydroxylation is 2. The molecule has 2 N–H and O–H groups in total. The van der Waals surface area contributed by atoms with Gasteiger partial charge in [0.15, 0.2) is 0 Å². The van der Waals surface area contributed by atoms with E-state index in [1.807, 2.05) is 13.0 Å². The van der Waals surface area contributed by atoms with Gasteiger partial charge in [-0.25, -0.2) is 4.98 Å². The summed E-state index contributed by atoms with van der Waals surface area (Å²) < 4.78 is 1.41. The fourth-order valence-electron chi connectivity index (χ4n) is 2.69. The van der Waals surface area contributed by atoms with E-state index < -0.39 is 11.4 Å². The molecule has 1 aliphatic rings. The average molecular weight is 329 g/mol. The number of rotatable bonds is 6. The molecule has 1 saturated carbocycles. The summed E-state index contributed by atoms with van der Waals surface area (Å²) in [5.74, 6) is -1.13. The summed E-state index contributed by atoms with van der Waals surface area (Å²) in [6.07, 6.45) is 2.74. The van der Waals surface area contributed by atoms with E-state index in [0.717, 1.165) is 5.56 Å². The Kier molecular flexibility index (Phi) is 4.09. The molecule has 7 heteroatoms. The van der Waals surface area contributed by atoms with Crippen LogP contribution < -0.4 is 10.9 Å². The number of nitrogens with one attached hydrogen (secondary N) is 1. The molecule has 1 aliphatic carbocycles. The molecule has 0 spiro atoms. The summed E-state index contributed by atoms with van der Waals surface area (Å²) in [4.78, 5) is 39.7. The SMILES string of the molecule is Cc1cccc2c(=O)n(CCC(=O)NCC3(C(=O)O)CC3)cnc12. The second-order valence-corrected chi connectivity index (χ2v) is 6.33. The first-order chi connectivity index (χ1) is 11.4. The van der Waals surface area contributed by atoms with Gasteiger partial charge in [-0.15, -0.1) is 0 Å². The molecule has 0 radical (unpaired) electrons. The highest BCUT2D eigenvalue weighted by molar-refractivity contribution is 5.81. The third kappa shape index (κ3) is 3.02. The fraction of sp³-hybridized carbons (Fsp3) is 0.412. The highest BCUT2D eigenvalue weighted by Gasteiger charge is 2.50. The molecule has 3 rings (SSSR count). The number of carbonyl (C=O) groups excluding carboxylic acids is 1. The van der Waals surface area contributed by atoms with Crippen LogP contribution in [0.25, 0.3) is 10.9 Å². The second kappa shape index (κ2) is 6.07. The van der Waals surface area contributed by atoms with E-state index >= 15 is 0 Å². The van der Waals surface area contributed by atoms with Gasteiger partial charge in [-0.05, 0) is 31.4 Å². The van der Waals surface area contributed by atoms with Gasteiger partial charge in [-0.3, -0.25) is 19.0 Å². The van der Waals surface area contributed by atoms with Gasteiger partial charge in [0.2, 0.25) is 5.91 Å². The van der Waals surface area contributed by atoms with Gasteiger partial charge >= 0.3 is 5.97 Å². The van der Waals surface area contributed by atoms with Gasteiger partial charge in [0.25, 0.3) is 5.56 Å². The lowest BCUT2D eigenvalue weighted by molar-refractivity contribution is -0.143. The maximum atomic E-state index is 12.4. The van der Waals surface area contributed by atoms with E-state index in [0.29, 0.717) is 23.7 Å². The Bertz CT molecular complexity index is 868. The summed E-state index contributed by atoms with van der Waals surface area (Å²) in [5, 5.41) is 12.3. The minimum atomic E-state index is -0.867. The molecule has 126 valence electrons. The van der Waals surface area contributed by atoms with Crippen LogP contribution in [0.5, 0.6) is 0 Å². The smallest absolute Gasteiger partial charge is 0.311 e. The normalized spacial score (nSPS) is 15.2. The Balaban J connectivity index is 1.63. The Hall–Kier alpha value is -2.70. The van der Waals surface area contributed by atoms with Crippen LogP contribution in [-0.4, -0.2) is 33.1 Å². The summed E-state index contributed by atoms with van der Waals surface area (Å²) in [5.41, 5.74) is 0.632. The minimum absolute atomic E-state index is 0.106. The summed E-state index contributed by atoms with van der Waals surface area (Å²) in [6.45, 7) is 2.25. The molecular weight excluding hydrogens is 310 g/mol. The number of nitrogens with zero attached hydrogens (tertiary/aromatic N) is 2. The Morgan fingerprint density at radius 2 is 2.12 bits per heavy atom. The Labute approximate surface area is 138 Å². The van der Waals surface area contributed by atoms with Gasteiger partial charge < -0.3 is 10.4 Å². The second-order valence-electron chi connectivity index (χ2n) is 6.33. The third-order valence-corrected chi connectivity index (χ3v) is 4.57. The van der Waals surface area contributed by atoms with Crippen molar-refractivity contribution in [3.63, 3.8) is 0 Å². The molecule has 0 atom stereocenters. The molecule has 0 unspecified atom stereocenters. The first-order valence-electron chi connectivity index (χ1n) is 7.88. The third-order valence-electron chi connectivity index (χ3n) is 4.57. The van der Waals surface area contributed by atoms with Crippen molar-refractivity contribution >= 4 is 22.8 Å². The largest absolute Gasteiger partial charge is 0.481 e. The summed E-state index contributed by atoms with van der Waals surface area (Å²) >= 11 is 0. The van der Waals surface area contributed by atoms with Crippen molar-refractivity contribution in [2.45, 2.75) is 32.7 Å². The maximum Gasteiger partial charge on any atom is 0.311 e. The highest BCUT2D eigenvalue weighted by atomic mass is 16.4. The molecule has 7 nitrogen and oxygen atoms in total. The zero-order valence-corrected chi connectivity index (χ0v) is 13.4. The number of carboxylic acid groups (broad SMARTS) is 1. The number of para-hydroxylation sites is 1. The zero-order chi connectivity index (χ0) is 17.3. The van der Waals surface area contributed by atoms with Crippen LogP contribution in [0, 0.1) is 12.3 Å². The van der Waals surface area contributed by atoms with Crippen molar-refractivity contribution in [1.82, 2.24) is 14.9 Å². The van der Waals surface area contributed by atoms with Crippen LogP contribution >= 0.6 is 0 Å². The quantitative estimate of drug-likeness (QED) is 0.826. The number of aliphatic carboxylic acids is 1. The van der Waals surface area contributed by atoms with Crippen molar-refractivity contribution in [2.24, 2.45) is 5.41 Å². The van der Waals surface area contributed by atoms with E-state index in [9.17, 15) is 14.4 Å². The number of carboxylic acids is 1. The lowest BCUT2D eigenvalue weighted by Crippen LogP contribution is -2.35. The number of carbonyl (C=O) groups is 2. The maximum absolute atomic E-state index is 12.4. The van der Waals surface area contributed by atoms with Gasteiger partial charge in [0.1, 0.15) is 0 Å². The van der Waals surface area contributed by atoms with Crippen LogP contribution in [0.4, 0.5) is 0 Å². The first kappa shape index (κ1) is 16.2. The standard InChI is InChI=1S/C17H19N3O4/c1-11-3-2-4-12-14(11)19-10-20(15(12)22)8-5-13(21)18-9-17(6-7-17)16(23)24/h2-4,10H,5-9H2,1H3,(H,18,21)(H,23,24). The number of hydrogen-bond acceptors (Lipinski definition) is 4. The molecule has 24 heavy (non-hydrogen) atoms. The van der Waals surface area contributed by atoms with E-state index in [-0.39, 0.29) is 31.0 Å². The molecule has 0 aliphatic heterocycles. The van der Waals surface area contributed by atoms with Gasteiger partial charge in [-0.2, -0.15) is 0 Å². The van der Waals surface area contributed by atoms with E-state index in [1.165, 1.54) is 10.9 Å². The van der Waals surface area contributed by atoms with E-state index in [1.54, 1.807) is 12.1 Å². The average Bonchev–Trinajstić information content (AvgIpc) is 3.34. The van der Waals surface area contributed by atoms with Crippen LogP contribution in [0.3, 0.4) is 0 Å². The molecule has 1 fully saturated rings. The lowest BCUT2D eigenvalue weighted by atomic mass is 10.1. The predicted molar refractivity (Wildman–Crippen MR) is 87.7 cm³/mol. The van der Waals surface area contributed by atoms with Crippen LogP contribution in [0.2, 0.25) is 0 Å². The van der Waals surface area contributed by atoms with Crippen molar-refractivity contribution in [3.8, 4) is 0 Å². The lowest BCUT2D eigenvalue weighted by Gasteiger charge is -2.12. The molecule has 1 amide bonds. The Morgan fingerprint density at radius 1 is 1.38 bits per heavy atom. The highest BCUT2D eigenvalue weighted by Crippen LogP contribution is 2.45. The Morgan fingerprint density at radius 3 is 2.79 bits per heavy atom.